The minimum absolute atomic E-state index is 0.0850. The Kier molecular flexibility index (Phi) is 5.53. The lowest BCUT2D eigenvalue weighted by atomic mass is 9.92. The van der Waals surface area contributed by atoms with E-state index in [9.17, 15) is 9.59 Å². The van der Waals surface area contributed by atoms with Crippen molar-refractivity contribution in [3.63, 3.8) is 0 Å². The molecule has 1 atom stereocenters. The first-order chi connectivity index (χ1) is 13.1. The van der Waals surface area contributed by atoms with Crippen LogP contribution in [0.15, 0.2) is 23.0 Å². The second-order valence-corrected chi connectivity index (χ2v) is 8.49. The number of carbonyl (C=O) groups is 2. The van der Waals surface area contributed by atoms with Crippen molar-refractivity contribution in [2.75, 3.05) is 33.2 Å². The van der Waals surface area contributed by atoms with E-state index in [0.29, 0.717) is 24.4 Å². The molecule has 148 valence electrons. The zero-order valence-electron chi connectivity index (χ0n) is 16.3. The molecule has 6 nitrogen and oxygen atoms in total. The fourth-order valence-electron chi connectivity index (χ4n) is 4.63. The highest BCUT2D eigenvalue weighted by Gasteiger charge is 2.37. The van der Waals surface area contributed by atoms with Gasteiger partial charge in [-0.15, -0.1) is 0 Å². The summed E-state index contributed by atoms with van der Waals surface area (Å²) < 4.78 is 5.11. The second-order valence-electron chi connectivity index (χ2n) is 8.49. The van der Waals surface area contributed by atoms with Gasteiger partial charge >= 0.3 is 0 Å². The summed E-state index contributed by atoms with van der Waals surface area (Å²) in [4.78, 5) is 31.5. The molecule has 0 N–H and O–H groups in total. The molecular weight excluding hydrogens is 342 g/mol. The molecule has 2 aliphatic heterocycles. The summed E-state index contributed by atoms with van der Waals surface area (Å²) in [5.74, 6) is 1.02. The fourth-order valence-corrected chi connectivity index (χ4v) is 4.63. The van der Waals surface area contributed by atoms with Crippen molar-refractivity contribution in [3.8, 4) is 0 Å². The molecule has 1 aliphatic carbocycles. The molecule has 6 heteroatoms. The summed E-state index contributed by atoms with van der Waals surface area (Å²) in [7, 11) is 1.89. The van der Waals surface area contributed by atoms with Gasteiger partial charge in [-0.05, 0) is 51.1 Å². The zero-order valence-corrected chi connectivity index (χ0v) is 16.3. The molecule has 0 radical (unpaired) electrons. The van der Waals surface area contributed by atoms with E-state index in [2.05, 4.69) is 9.80 Å². The predicted molar refractivity (Wildman–Crippen MR) is 102 cm³/mol. The molecule has 0 spiro atoms. The van der Waals surface area contributed by atoms with Crippen LogP contribution < -0.4 is 0 Å². The van der Waals surface area contributed by atoms with Gasteiger partial charge in [0.1, 0.15) is 0 Å². The first-order valence-electron chi connectivity index (χ1n) is 10.4. The van der Waals surface area contributed by atoms with Crippen LogP contribution in [0.25, 0.3) is 0 Å². The molecule has 1 aromatic heterocycles. The number of likely N-dealkylation sites (tertiary alicyclic amines) is 2. The lowest BCUT2D eigenvalue weighted by molar-refractivity contribution is -0.137. The van der Waals surface area contributed by atoms with E-state index in [1.165, 1.54) is 0 Å². The molecule has 0 bridgehead atoms. The highest BCUT2D eigenvalue weighted by molar-refractivity contribution is 5.81. The van der Waals surface area contributed by atoms with Crippen LogP contribution in [0.3, 0.4) is 0 Å². The average molecular weight is 373 g/mol. The molecule has 1 unspecified atom stereocenters. The molecule has 2 saturated heterocycles. The highest BCUT2D eigenvalue weighted by Crippen LogP contribution is 2.32. The fraction of sp³-hybridized carbons (Fsp3) is 0.714. The average Bonchev–Trinajstić information content (AvgIpc) is 3.44. The third-order valence-corrected chi connectivity index (χ3v) is 6.40. The van der Waals surface area contributed by atoms with Crippen molar-refractivity contribution in [2.24, 2.45) is 11.8 Å². The van der Waals surface area contributed by atoms with Crippen molar-refractivity contribution in [3.05, 3.63) is 24.2 Å². The van der Waals surface area contributed by atoms with Gasteiger partial charge in [0.05, 0.1) is 18.4 Å². The van der Waals surface area contributed by atoms with Crippen LogP contribution in [0.4, 0.5) is 0 Å². The first kappa shape index (κ1) is 18.5. The largest absolute Gasteiger partial charge is 0.472 e. The van der Waals surface area contributed by atoms with Crippen LogP contribution >= 0.6 is 0 Å². The van der Waals surface area contributed by atoms with E-state index in [1.807, 2.05) is 18.0 Å². The summed E-state index contributed by atoms with van der Waals surface area (Å²) in [6, 6.07) is 2.43. The Balaban J connectivity index is 1.27. The lowest BCUT2D eigenvalue weighted by Gasteiger charge is -2.42. The molecule has 3 heterocycles. The smallest absolute Gasteiger partial charge is 0.227 e. The van der Waals surface area contributed by atoms with Crippen molar-refractivity contribution >= 4 is 11.8 Å². The number of piperidine rings is 2. The Morgan fingerprint density at radius 2 is 1.89 bits per heavy atom. The van der Waals surface area contributed by atoms with Crippen LogP contribution in [0.5, 0.6) is 0 Å². The van der Waals surface area contributed by atoms with Crippen molar-refractivity contribution < 1.29 is 14.0 Å². The summed E-state index contributed by atoms with van der Waals surface area (Å²) >= 11 is 0. The number of furan rings is 1. The van der Waals surface area contributed by atoms with Crippen LogP contribution in [-0.4, -0.2) is 65.8 Å². The Labute approximate surface area is 161 Å². The maximum Gasteiger partial charge on any atom is 0.227 e. The SMILES string of the molecule is CN(Cc1ccoc1)C(=O)C1CCCN(C2CCN(C(=O)C3CC3)CC2)C1. The third kappa shape index (κ3) is 4.37. The number of rotatable bonds is 5. The van der Waals surface area contributed by atoms with Gasteiger partial charge in [-0.3, -0.25) is 14.5 Å². The molecule has 1 saturated carbocycles. The molecule has 27 heavy (non-hydrogen) atoms. The third-order valence-electron chi connectivity index (χ3n) is 6.40. The van der Waals surface area contributed by atoms with E-state index >= 15 is 0 Å². The Hall–Kier alpha value is -1.82. The van der Waals surface area contributed by atoms with Gasteiger partial charge < -0.3 is 14.2 Å². The molecule has 0 aromatic carbocycles. The minimum atomic E-state index is 0.0850. The van der Waals surface area contributed by atoms with Crippen LogP contribution in [0.1, 0.15) is 44.1 Å². The monoisotopic (exact) mass is 373 g/mol. The summed E-state index contributed by atoms with van der Waals surface area (Å²) in [6.07, 6.45) is 9.67. The molecule has 1 aromatic rings. The number of hydrogen-bond donors (Lipinski definition) is 0. The number of hydrogen-bond acceptors (Lipinski definition) is 4. The predicted octanol–water partition coefficient (Wildman–Crippen LogP) is 2.35. The Morgan fingerprint density at radius 1 is 1.11 bits per heavy atom. The Bertz CT molecular complexity index is 648. The molecule has 4 rings (SSSR count). The van der Waals surface area contributed by atoms with Gasteiger partial charge in [-0.2, -0.15) is 0 Å². The van der Waals surface area contributed by atoms with Crippen LogP contribution in [0, 0.1) is 11.8 Å². The maximum atomic E-state index is 12.9. The first-order valence-corrected chi connectivity index (χ1v) is 10.4. The summed E-state index contributed by atoms with van der Waals surface area (Å²) in [5, 5.41) is 0. The van der Waals surface area contributed by atoms with E-state index in [4.69, 9.17) is 4.42 Å². The molecule has 2 amide bonds. The standard InChI is InChI=1S/C21H31N3O3/c1-22(13-16-8-12-27-15-16)20(25)18-3-2-9-24(14-18)19-6-10-23(11-7-19)21(26)17-4-5-17/h8,12,15,17-19H,2-7,9-11,13-14H2,1H3. The lowest BCUT2D eigenvalue weighted by Crippen LogP contribution is -2.51. The normalized spacial score (nSPS) is 24.8. The van der Waals surface area contributed by atoms with Crippen LogP contribution in [-0.2, 0) is 16.1 Å². The van der Waals surface area contributed by atoms with E-state index in [0.717, 1.165) is 70.3 Å². The van der Waals surface area contributed by atoms with Gasteiger partial charge in [0, 0.05) is 50.7 Å². The number of nitrogens with zero attached hydrogens (tertiary/aromatic N) is 3. The van der Waals surface area contributed by atoms with Gasteiger partial charge in [0.25, 0.3) is 0 Å². The highest BCUT2D eigenvalue weighted by atomic mass is 16.3. The number of amides is 2. The molecule has 3 aliphatic rings. The van der Waals surface area contributed by atoms with E-state index in [-0.39, 0.29) is 11.8 Å². The maximum absolute atomic E-state index is 12.9. The van der Waals surface area contributed by atoms with Crippen molar-refractivity contribution in [1.29, 1.82) is 0 Å². The quantitative estimate of drug-likeness (QED) is 0.795. The van der Waals surface area contributed by atoms with Gasteiger partial charge in [-0.1, -0.05) is 0 Å². The molecular formula is C21H31N3O3. The van der Waals surface area contributed by atoms with Gasteiger partial charge in [-0.25, -0.2) is 0 Å². The molecule has 3 fully saturated rings. The summed E-state index contributed by atoms with van der Waals surface area (Å²) in [5.41, 5.74) is 1.03. The van der Waals surface area contributed by atoms with Gasteiger partial charge in [0.15, 0.2) is 0 Å². The van der Waals surface area contributed by atoms with Crippen molar-refractivity contribution in [1.82, 2.24) is 14.7 Å². The summed E-state index contributed by atoms with van der Waals surface area (Å²) in [6.45, 7) is 4.31. The Morgan fingerprint density at radius 3 is 2.56 bits per heavy atom. The van der Waals surface area contributed by atoms with Crippen LogP contribution in [0.2, 0.25) is 0 Å². The zero-order chi connectivity index (χ0) is 18.8. The van der Waals surface area contributed by atoms with Gasteiger partial charge in [0.2, 0.25) is 11.8 Å². The number of carbonyl (C=O) groups excluding carboxylic acids is 2. The minimum Gasteiger partial charge on any atom is -0.472 e. The van der Waals surface area contributed by atoms with E-state index < -0.39 is 0 Å². The van der Waals surface area contributed by atoms with E-state index in [1.54, 1.807) is 12.5 Å². The van der Waals surface area contributed by atoms with Crippen molar-refractivity contribution in [2.45, 2.75) is 51.1 Å². The topological polar surface area (TPSA) is 57.0 Å². The second kappa shape index (κ2) is 8.05.